The minimum absolute atomic E-state index is 0.768. The second-order valence-electron chi connectivity index (χ2n) is 8.09. The average molecular weight is 430 g/mol. The summed E-state index contributed by atoms with van der Waals surface area (Å²) < 4.78 is 0. The largest absolute Gasteiger partial charge is 0.353 e. The second kappa shape index (κ2) is 7.53. The van der Waals surface area contributed by atoms with E-state index in [-0.39, 0.29) is 0 Å². The molecule has 0 saturated carbocycles. The van der Waals surface area contributed by atoms with Crippen molar-refractivity contribution in [2.45, 2.75) is 26.2 Å². The predicted molar refractivity (Wildman–Crippen MR) is 124 cm³/mol. The molecule has 8 heteroatoms. The SMILES string of the molecule is Cc1nccc(N2CCN(c3nc(-c4cccnc4)nc4sc5c(c34)CCC5)CC2)n1. The molecule has 31 heavy (non-hydrogen) atoms. The van der Waals surface area contributed by atoms with Gasteiger partial charge in [0.1, 0.15) is 22.3 Å². The maximum absolute atomic E-state index is 5.09. The Balaban J connectivity index is 1.38. The van der Waals surface area contributed by atoms with Gasteiger partial charge in [-0.2, -0.15) is 0 Å². The molecular weight excluding hydrogens is 406 g/mol. The zero-order valence-corrected chi connectivity index (χ0v) is 18.3. The Morgan fingerprint density at radius 3 is 2.61 bits per heavy atom. The van der Waals surface area contributed by atoms with Crippen molar-refractivity contribution in [1.29, 1.82) is 0 Å². The molecule has 0 radical (unpaired) electrons. The van der Waals surface area contributed by atoms with Crippen LogP contribution < -0.4 is 9.80 Å². The van der Waals surface area contributed by atoms with Crippen LogP contribution in [0.2, 0.25) is 0 Å². The van der Waals surface area contributed by atoms with Crippen LogP contribution in [0.1, 0.15) is 22.7 Å². The van der Waals surface area contributed by atoms with Crippen molar-refractivity contribution in [3.05, 3.63) is 53.1 Å². The highest BCUT2D eigenvalue weighted by Gasteiger charge is 2.27. The summed E-state index contributed by atoms with van der Waals surface area (Å²) >= 11 is 1.85. The zero-order chi connectivity index (χ0) is 20.8. The molecule has 0 aromatic carbocycles. The minimum atomic E-state index is 0.768. The van der Waals surface area contributed by atoms with Crippen LogP contribution in [-0.4, -0.2) is 51.1 Å². The van der Waals surface area contributed by atoms with E-state index in [1.54, 1.807) is 6.20 Å². The molecule has 4 aromatic rings. The molecule has 1 fully saturated rings. The predicted octanol–water partition coefficient (Wildman–Crippen LogP) is 3.67. The highest BCUT2D eigenvalue weighted by atomic mass is 32.1. The minimum Gasteiger partial charge on any atom is -0.353 e. The van der Waals surface area contributed by atoms with Crippen molar-refractivity contribution in [2.75, 3.05) is 36.0 Å². The number of fused-ring (bicyclic) bond motifs is 3. The van der Waals surface area contributed by atoms with Crippen LogP contribution in [0.3, 0.4) is 0 Å². The summed E-state index contributed by atoms with van der Waals surface area (Å²) in [6.07, 6.45) is 9.02. The summed E-state index contributed by atoms with van der Waals surface area (Å²) in [6.45, 7) is 5.58. The molecule has 5 heterocycles. The molecule has 0 spiro atoms. The van der Waals surface area contributed by atoms with E-state index in [0.717, 1.165) is 66.3 Å². The molecule has 1 aliphatic carbocycles. The van der Waals surface area contributed by atoms with E-state index in [9.17, 15) is 0 Å². The summed E-state index contributed by atoms with van der Waals surface area (Å²) in [7, 11) is 0. The van der Waals surface area contributed by atoms with E-state index in [0.29, 0.717) is 0 Å². The molecule has 7 nitrogen and oxygen atoms in total. The monoisotopic (exact) mass is 429 g/mol. The summed E-state index contributed by atoms with van der Waals surface area (Å²) in [5.41, 5.74) is 2.44. The van der Waals surface area contributed by atoms with Crippen molar-refractivity contribution in [3.8, 4) is 11.4 Å². The molecule has 1 aliphatic heterocycles. The lowest BCUT2D eigenvalue weighted by atomic mass is 10.1. The number of aryl methyl sites for hydroxylation is 3. The summed E-state index contributed by atoms with van der Waals surface area (Å²) in [5, 5.41) is 1.27. The third kappa shape index (κ3) is 3.31. The number of nitrogens with zero attached hydrogens (tertiary/aromatic N) is 7. The Bertz CT molecular complexity index is 1250. The molecule has 0 bridgehead atoms. The van der Waals surface area contributed by atoms with Crippen molar-refractivity contribution in [1.82, 2.24) is 24.9 Å². The molecule has 156 valence electrons. The number of piperazine rings is 1. The first-order chi connectivity index (χ1) is 15.3. The van der Waals surface area contributed by atoms with Gasteiger partial charge in [0.05, 0.1) is 5.39 Å². The number of anilines is 2. The number of hydrogen-bond donors (Lipinski definition) is 0. The van der Waals surface area contributed by atoms with Crippen LogP contribution in [-0.2, 0) is 12.8 Å². The lowest BCUT2D eigenvalue weighted by molar-refractivity contribution is 0.641. The van der Waals surface area contributed by atoms with Gasteiger partial charge in [-0.1, -0.05) is 0 Å². The first-order valence-electron chi connectivity index (χ1n) is 10.8. The molecule has 4 aromatic heterocycles. The van der Waals surface area contributed by atoms with E-state index < -0.39 is 0 Å². The zero-order valence-electron chi connectivity index (χ0n) is 17.5. The van der Waals surface area contributed by atoms with Crippen LogP contribution in [0.25, 0.3) is 21.6 Å². The van der Waals surface area contributed by atoms with Gasteiger partial charge < -0.3 is 9.80 Å². The maximum atomic E-state index is 5.09. The van der Waals surface area contributed by atoms with Crippen LogP contribution in [0.5, 0.6) is 0 Å². The third-order valence-corrected chi connectivity index (χ3v) is 7.32. The van der Waals surface area contributed by atoms with Gasteiger partial charge in [0.2, 0.25) is 0 Å². The standard InChI is InChI=1S/C23H23N7S/c1-15-25-9-7-19(26-15)29-10-12-30(13-11-29)22-20-17-5-2-6-18(17)31-23(20)28-21(27-22)16-4-3-8-24-14-16/h3-4,7-9,14H,2,5-6,10-13H2,1H3. The third-order valence-electron chi connectivity index (χ3n) is 6.13. The fraction of sp³-hybridized carbons (Fsp3) is 0.348. The Morgan fingerprint density at radius 1 is 0.935 bits per heavy atom. The number of hydrogen-bond acceptors (Lipinski definition) is 8. The van der Waals surface area contributed by atoms with Gasteiger partial charge in [-0.3, -0.25) is 4.98 Å². The first-order valence-corrected chi connectivity index (χ1v) is 11.6. The van der Waals surface area contributed by atoms with E-state index in [1.807, 2.05) is 48.9 Å². The highest BCUT2D eigenvalue weighted by Crippen LogP contribution is 2.41. The Hall–Kier alpha value is -3.13. The molecule has 0 N–H and O–H groups in total. The fourth-order valence-electron chi connectivity index (χ4n) is 4.60. The number of aromatic nitrogens is 5. The summed E-state index contributed by atoms with van der Waals surface area (Å²) in [6, 6.07) is 5.98. The van der Waals surface area contributed by atoms with Gasteiger partial charge >= 0.3 is 0 Å². The average Bonchev–Trinajstić information content (AvgIpc) is 3.40. The highest BCUT2D eigenvalue weighted by molar-refractivity contribution is 7.19. The van der Waals surface area contributed by atoms with Gasteiger partial charge in [-0.05, 0) is 49.9 Å². The smallest absolute Gasteiger partial charge is 0.164 e. The van der Waals surface area contributed by atoms with Crippen LogP contribution in [0.15, 0.2) is 36.8 Å². The quantitative estimate of drug-likeness (QED) is 0.492. The lowest BCUT2D eigenvalue weighted by Gasteiger charge is -2.36. The normalized spacial score (nSPS) is 16.2. The number of pyridine rings is 1. The summed E-state index contributed by atoms with van der Waals surface area (Å²) in [5.74, 6) is 3.67. The second-order valence-corrected chi connectivity index (χ2v) is 9.17. The van der Waals surface area contributed by atoms with Crippen molar-refractivity contribution in [3.63, 3.8) is 0 Å². The van der Waals surface area contributed by atoms with E-state index in [2.05, 4.69) is 24.8 Å². The van der Waals surface area contributed by atoms with Gasteiger partial charge in [0, 0.05) is 55.2 Å². The van der Waals surface area contributed by atoms with Gasteiger partial charge in [-0.15, -0.1) is 11.3 Å². The van der Waals surface area contributed by atoms with Gasteiger partial charge in [0.15, 0.2) is 5.82 Å². The Morgan fingerprint density at radius 2 is 1.81 bits per heavy atom. The molecule has 2 aliphatic rings. The molecule has 6 rings (SSSR count). The van der Waals surface area contributed by atoms with Gasteiger partial charge in [0.25, 0.3) is 0 Å². The van der Waals surface area contributed by atoms with Crippen molar-refractivity contribution < 1.29 is 0 Å². The Kier molecular flexibility index (Phi) is 4.52. The lowest BCUT2D eigenvalue weighted by Crippen LogP contribution is -2.47. The van der Waals surface area contributed by atoms with Crippen LogP contribution in [0.4, 0.5) is 11.6 Å². The van der Waals surface area contributed by atoms with E-state index in [1.165, 1.54) is 28.7 Å². The summed E-state index contributed by atoms with van der Waals surface area (Å²) in [4.78, 5) is 30.5. The van der Waals surface area contributed by atoms with Crippen LogP contribution in [0, 0.1) is 6.92 Å². The maximum Gasteiger partial charge on any atom is 0.164 e. The fourth-order valence-corrected chi connectivity index (χ4v) is 5.85. The topological polar surface area (TPSA) is 70.9 Å². The van der Waals surface area contributed by atoms with Crippen molar-refractivity contribution >= 4 is 33.2 Å². The Labute approximate surface area is 184 Å². The number of rotatable bonds is 3. The molecular formula is C23H23N7S. The molecule has 0 unspecified atom stereocenters. The van der Waals surface area contributed by atoms with Crippen molar-refractivity contribution in [2.24, 2.45) is 0 Å². The number of thiophene rings is 1. The first kappa shape index (κ1) is 18.6. The molecule has 0 amide bonds. The van der Waals surface area contributed by atoms with Crippen LogP contribution >= 0.6 is 11.3 Å². The van der Waals surface area contributed by atoms with Gasteiger partial charge in [-0.25, -0.2) is 19.9 Å². The molecule has 1 saturated heterocycles. The van der Waals surface area contributed by atoms with E-state index >= 15 is 0 Å². The molecule has 0 atom stereocenters. The van der Waals surface area contributed by atoms with E-state index in [4.69, 9.17) is 9.97 Å².